The number of thioether (sulfide) groups is 1. The highest BCUT2D eigenvalue weighted by molar-refractivity contribution is 7.98. The highest BCUT2D eigenvalue weighted by Gasteiger charge is 2.07. The summed E-state index contributed by atoms with van der Waals surface area (Å²) in [7, 11) is 0. The van der Waals surface area contributed by atoms with Gasteiger partial charge in [0.2, 0.25) is 0 Å². The van der Waals surface area contributed by atoms with Crippen LogP contribution in [0.1, 0.15) is 15.4 Å². The Kier molecular flexibility index (Phi) is 4.04. The first-order valence-electron chi connectivity index (χ1n) is 4.70. The van der Waals surface area contributed by atoms with Crippen molar-refractivity contribution in [2.45, 2.75) is 10.6 Å². The standard InChI is InChI=1S/C11H8ClNO2S2/c12-7-1-2-13-8(3-7)5-16-9-4-10(11(14)15)17-6-9/h1-4,6H,5H2,(H,14,15). The molecule has 0 unspecified atom stereocenters. The van der Waals surface area contributed by atoms with Crippen LogP contribution in [0.25, 0.3) is 0 Å². The van der Waals surface area contributed by atoms with Crippen molar-refractivity contribution in [1.82, 2.24) is 4.98 Å². The van der Waals surface area contributed by atoms with Gasteiger partial charge in [0.1, 0.15) is 4.88 Å². The topological polar surface area (TPSA) is 50.2 Å². The van der Waals surface area contributed by atoms with Gasteiger partial charge in [-0.3, -0.25) is 4.98 Å². The van der Waals surface area contributed by atoms with Crippen LogP contribution in [-0.4, -0.2) is 16.1 Å². The van der Waals surface area contributed by atoms with Crippen LogP contribution in [0, 0.1) is 0 Å². The van der Waals surface area contributed by atoms with Crippen LogP contribution in [-0.2, 0) is 5.75 Å². The average Bonchev–Trinajstić information content (AvgIpc) is 2.75. The lowest BCUT2D eigenvalue weighted by atomic mass is 10.4. The molecule has 88 valence electrons. The van der Waals surface area contributed by atoms with E-state index in [1.54, 1.807) is 36.2 Å². The van der Waals surface area contributed by atoms with Crippen LogP contribution in [0.5, 0.6) is 0 Å². The Bertz CT molecular complexity index is 542. The smallest absolute Gasteiger partial charge is 0.345 e. The number of pyridine rings is 1. The van der Waals surface area contributed by atoms with Crippen molar-refractivity contribution in [1.29, 1.82) is 0 Å². The highest BCUT2D eigenvalue weighted by Crippen LogP contribution is 2.27. The fraction of sp³-hybridized carbons (Fsp3) is 0.0909. The third kappa shape index (κ3) is 3.46. The summed E-state index contributed by atoms with van der Waals surface area (Å²) in [5.74, 6) is -0.209. The van der Waals surface area contributed by atoms with Gasteiger partial charge in [0.25, 0.3) is 0 Å². The molecule has 0 amide bonds. The van der Waals surface area contributed by atoms with Gasteiger partial charge < -0.3 is 5.11 Å². The van der Waals surface area contributed by atoms with E-state index < -0.39 is 5.97 Å². The van der Waals surface area contributed by atoms with Crippen LogP contribution in [0.3, 0.4) is 0 Å². The molecule has 0 atom stereocenters. The molecule has 0 spiro atoms. The molecule has 0 aliphatic rings. The summed E-state index contributed by atoms with van der Waals surface area (Å²) in [4.78, 5) is 16.2. The van der Waals surface area contributed by atoms with Crippen LogP contribution < -0.4 is 0 Å². The van der Waals surface area contributed by atoms with E-state index in [-0.39, 0.29) is 0 Å². The second kappa shape index (κ2) is 5.53. The summed E-state index contributed by atoms with van der Waals surface area (Å²) in [5, 5.41) is 11.3. The van der Waals surface area contributed by atoms with E-state index in [1.165, 1.54) is 11.3 Å². The van der Waals surface area contributed by atoms with Crippen molar-refractivity contribution < 1.29 is 9.90 Å². The van der Waals surface area contributed by atoms with Gasteiger partial charge in [-0.1, -0.05) is 11.6 Å². The highest BCUT2D eigenvalue weighted by atomic mass is 35.5. The first-order chi connectivity index (χ1) is 8.15. The first-order valence-corrected chi connectivity index (χ1v) is 6.94. The van der Waals surface area contributed by atoms with Gasteiger partial charge in [-0.2, -0.15) is 0 Å². The van der Waals surface area contributed by atoms with Gasteiger partial charge in [0.05, 0.1) is 5.69 Å². The Hall–Kier alpha value is -1.04. The number of halogens is 1. The van der Waals surface area contributed by atoms with E-state index in [4.69, 9.17) is 16.7 Å². The fourth-order valence-corrected chi connectivity index (χ4v) is 3.15. The first kappa shape index (κ1) is 12.4. The van der Waals surface area contributed by atoms with Crippen LogP contribution >= 0.6 is 34.7 Å². The summed E-state index contributed by atoms with van der Waals surface area (Å²) in [5.41, 5.74) is 0.880. The summed E-state index contributed by atoms with van der Waals surface area (Å²) >= 11 is 8.62. The Balaban J connectivity index is 2.00. The van der Waals surface area contributed by atoms with Gasteiger partial charge in [-0.15, -0.1) is 23.1 Å². The number of carbonyl (C=O) groups is 1. The monoisotopic (exact) mass is 285 g/mol. The van der Waals surface area contributed by atoms with Gasteiger partial charge in [0.15, 0.2) is 0 Å². The third-order valence-corrected chi connectivity index (χ3v) is 4.26. The minimum atomic E-state index is -0.886. The molecular weight excluding hydrogens is 278 g/mol. The van der Waals surface area contributed by atoms with Crippen molar-refractivity contribution in [3.05, 3.63) is 45.4 Å². The minimum Gasteiger partial charge on any atom is -0.477 e. The normalized spacial score (nSPS) is 10.4. The van der Waals surface area contributed by atoms with Crippen molar-refractivity contribution in [2.75, 3.05) is 0 Å². The summed E-state index contributed by atoms with van der Waals surface area (Å²) in [6.45, 7) is 0. The van der Waals surface area contributed by atoms with E-state index in [2.05, 4.69) is 4.98 Å². The molecule has 2 aromatic heterocycles. The zero-order chi connectivity index (χ0) is 12.3. The molecule has 2 rings (SSSR count). The SMILES string of the molecule is O=C(O)c1cc(SCc2cc(Cl)ccn2)cs1. The number of hydrogen-bond donors (Lipinski definition) is 1. The molecular formula is C11H8ClNO2S2. The van der Waals surface area contributed by atoms with Gasteiger partial charge in [-0.25, -0.2) is 4.79 Å². The minimum absolute atomic E-state index is 0.353. The van der Waals surface area contributed by atoms with E-state index in [9.17, 15) is 4.79 Å². The molecule has 0 radical (unpaired) electrons. The molecule has 17 heavy (non-hydrogen) atoms. The fourth-order valence-electron chi connectivity index (χ4n) is 1.19. The molecule has 1 N–H and O–H groups in total. The van der Waals surface area contributed by atoms with Crippen molar-refractivity contribution in [3.63, 3.8) is 0 Å². The predicted molar refractivity (Wildman–Crippen MR) is 70.1 cm³/mol. The number of thiophene rings is 1. The molecule has 2 heterocycles. The maximum atomic E-state index is 10.7. The maximum absolute atomic E-state index is 10.7. The predicted octanol–water partition coefficient (Wildman–Crippen LogP) is 3.79. The molecule has 6 heteroatoms. The lowest BCUT2D eigenvalue weighted by Gasteiger charge is -1.99. The molecule has 0 fully saturated rings. The quantitative estimate of drug-likeness (QED) is 0.869. The lowest BCUT2D eigenvalue weighted by molar-refractivity contribution is 0.0702. The Morgan fingerprint density at radius 2 is 2.35 bits per heavy atom. The van der Waals surface area contributed by atoms with Gasteiger partial charge in [-0.05, 0) is 18.2 Å². The molecule has 2 aromatic rings. The Morgan fingerprint density at radius 1 is 1.53 bits per heavy atom. The van der Waals surface area contributed by atoms with E-state index in [1.807, 2.05) is 5.38 Å². The summed E-state index contributed by atoms with van der Waals surface area (Å²) in [6, 6.07) is 5.20. The zero-order valence-electron chi connectivity index (χ0n) is 8.59. The van der Waals surface area contributed by atoms with E-state index in [0.29, 0.717) is 15.7 Å². The van der Waals surface area contributed by atoms with E-state index in [0.717, 1.165) is 10.6 Å². The third-order valence-electron chi connectivity index (χ3n) is 1.95. The number of nitrogens with zero attached hydrogens (tertiary/aromatic N) is 1. The molecule has 0 aliphatic heterocycles. The van der Waals surface area contributed by atoms with Crippen molar-refractivity contribution in [3.8, 4) is 0 Å². The number of hydrogen-bond acceptors (Lipinski definition) is 4. The lowest BCUT2D eigenvalue weighted by Crippen LogP contribution is -1.90. The number of aromatic carboxylic acids is 1. The van der Waals surface area contributed by atoms with Crippen LogP contribution in [0.15, 0.2) is 34.7 Å². The number of rotatable bonds is 4. The van der Waals surface area contributed by atoms with Gasteiger partial charge >= 0.3 is 5.97 Å². The molecule has 0 aliphatic carbocycles. The largest absolute Gasteiger partial charge is 0.477 e. The second-order valence-corrected chi connectivity index (χ2v) is 5.60. The number of carboxylic acid groups (broad SMARTS) is 1. The molecule has 0 saturated heterocycles. The van der Waals surface area contributed by atoms with E-state index >= 15 is 0 Å². The second-order valence-electron chi connectivity index (χ2n) is 3.21. The number of aromatic nitrogens is 1. The maximum Gasteiger partial charge on any atom is 0.345 e. The van der Waals surface area contributed by atoms with Crippen molar-refractivity contribution >= 4 is 40.7 Å². The van der Waals surface area contributed by atoms with Crippen LogP contribution in [0.2, 0.25) is 5.02 Å². The zero-order valence-corrected chi connectivity index (χ0v) is 11.0. The molecule has 3 nitrogen and oxygen atoms in total. The number of carboxylic acids is 1. The molecule has 0 aromatic carbocycles. The summed E-state index contributed by atoms with van der Waals surface area (Å²) < 4.78 is 0. The Morgan fingerprint density at radius 3 is 3.00 bits per heavy atom. The molecule has 0 bridgehead atoms. The Labute approximate surface area is 111 Å². The summed E-state index contributed by atoms with van der Waals surface area (Å²) in [6.07, 6.45) is 1.66. The average molecular weight is 286 g/mol. The molecule has 0 saturated carbocycles. The van der Waals surface area contributed by atoms with Crippen molar-refractivity contribution in [2.24, 2.45) is 0 Å². The van der Waals surface area contributed by atoms with Gasteiger partial charge in [0, 0.05) is 27.2 Å². The van der Waals surface area contributed by atoms with Crippen LogP contribution in [0.4, 0.5) is 0 Å².